The Morgan fingerprint density at radius 1 is 1.10 bits per heavy atom. The molecule has 10 heteroatoms. The van der Waals surface area contributed by atoms with Crippen molar-refractivity contribution in [1.29, 1.82) is 0 Å². The Balaban J connectivity index is 1.77. The van der Waals surface area contributed by atoms with Crippen LogP contribution in [0.3, 0.4) is 0 Å². The number of hydrogen-bond donors (Lipinski definition) is 2. The fourth-order valence-electron chi connectivity index (χ4n) is 2.61. The molecular formula is C19H18N4O5S. The first-order chi connectivity index (χ1) is 13.6. The monoisotopic (exact) mass is 414 g/mol. The fraction of sp³-hybridized carbons (Fsp3) is 0.105. The molecule has 0 spiro atoms. The molecule has 3 N–H and O–H groups in total. The van der Waals surface area contributed by atoms with E-state index >= 15 is 0 Å². The van der Waals surface area contributed by atoms with Crippen molar-refractivity contribution in [3.05, 3.63) is 75.5 Å². The number of nitro benzene ring substituents is 1. The van der Waals surface area contributed by atoms with Gasteiger partial charge < -0.3 is 4.42 Å². The predicted octanol–water partition coefficient (Wildman–Crippen LogP) is 3.57. The summed E-state index contributed by atoms with van der Waals surface area (Å²) >= 11 is 0. The number of rotatable bonds is 6. The van der Waals surface area contributed by atoms with Crippen LogP contribution < -0.4 is 10.6 Å². The third-order valence-corrected chi connectivity index (χ3v) is 5.20. The number of furan rings is 1. The van der Waals surface area contributed by atoms with E-state index in [0.29, 0.717) is 22.8 Å². The van der Waals surface area contributed by atoms with Gasteiger partial charge in [0.05, 0.1) is 27.3 Å². The lowest BCUT2D eigenvalue weighted by molar-refractivity contribution is -0.384. The van der Waals surface area contributed by atoms with Gasteiger partial charge in [0.1, 0.15) is 11.5 Å². The normalized spacial score (nSPS) is 11.7. The number of nitro groups is 1. The number of primary sulfonamides is 1. The number of sulfonamides is 1. The molecule has 0 atom stereocenters. The maximum absolute atomic E-state index is 11.4. The molecule has 29 heavy (non-hydrogen) atoms. The Hall–Kier alpha value is -3.50. The summed E-state index contributed by atoms with van der Waals surface area (Å²) in [5, 5.41) is 20.4. The molecule has 0 aliphatic carbocycles. The lowest BCUT2D eigenvalue weighted by Gasteiger charge is -2.04. The maximum Gasteiger partial charge on any atom is 0.280 e. The van der Waals surface area contributed by atoms with Crippen molar-refractivity contribution in [1.82, 2.24) is 0 Å². The second kappa shape index (κ2) is 7.86. The van der Waals surface area contributed by atoms with Gasteiger partial charge in [-0.25, -0.2) is 13.6 Å². The number of anilines is 1. The van der Waals surface area contributed by atoms with E-state index in [9.17, 15) is 18.5 Å². The summed E-state index contributed by atoms with van der Waals surface area (Å²) in [6.07, 6.45) is 1.41. The molecular weight excluding hydrogens is 396 g/mol. The molecule has 3 aromatic rings. The van der Waals surface area contributed by atoms with E-state index in [-0.39, 0.29) is 10.6 Å². The molecule has 1 heterocycles. The standard InChI is InChI=1S/C19H18N4O5S/c1-12-9-17(18(23(24)25)10-13(12)2)19-8-5-15(28-19)11-21-22-14-3-6-16(7-4-14)29(20,26)27/h3-11,22H,1-2H3,(H2,20,26,27)/b21-11+. The Bertz CT molecular complexity index is 1200. The van der Waals surface area contributed by atoms with Crippen molar-refractivity contribution in [2.75, 3.05) is 5.43 Å². The summed E-state index contributed by atoms with van der Waals surface area (Å²) in [6.45, 7) is 3.69. The topological polar surface area (TPSA) is 141 Å². The van der Waals surface area contributed by atoms with Gasteiger partial charge in [-0.1, -0.05) is 0 Å². The third-order valence-electron chi connectivity index (χ3n) is 4.27. The molecule has 0 bridgehead atoms. The van der Waals surface area contributed by atoms with Crippen LogP contribution in [-0.4, -0.2) is 19.6 Å². The summed E-state index contributed by atoms with van der Waals surface area (Å²) in [5.74, 6) is 0.750. The van der Waals surface area contributed by atoms with Gasteiger partial charge in [-0.2, -0.15) is 5.10 Å². The summed E-state index contributed by atoms with van der Waals surface area (Å²) in [4.78, 5) is 10.9. The van der Waals surface area contributed by atoms with Crippen LogP contribution in [0.4, 0.5) is 11.4 Å². The van der Waals surface area contributed by atoms with Gasteiger partial charge in [-0.3, -0.25) is 15.5 Å². The zero-order chi connectivity index (χ0) is 21.2. The highest BCUT2D eigenvalue weighted by molar-refractivity contribution is 7.89. The fourth-order valence-corrected chi connectivity index (χ4v) is 3.12. The third kappa shape index (κ3) is 4.68. The quantitative estimate of drug-likeness (QED) is 0.359. The number of nitrogens with zero attached hydrogens (tertiary/aromatic N) is 2. The molecule has 2 aromatic carbocycles. The number of nitrogens with one attached hydrogen (secondary N) is 1. The van der Waals surface area contributed by atoms with Crippen molar-refractivity contribution in [2.45, 2.75) is 18.7 Å². The summed E-state index contributed by atoms with van der Waals surface area (Å²) < 4.78 is 28.2. The largest absolute Gasteiger partial charge is 0.455 e. The molecule has 0 unspecified atom stereocenters. The Kier molecular flexibility index (Phi) is 5.48. The minimum Gasteiger partial charge on any atom is -0.455 e. The van der Waals surface area contributed by atoms with Gasteiger partial charge in [0.25, 0.3) is 5.69 Å². The number of hydrogen-bond acceptors (Lipinski definition) is 7. The highest BCUT2D eigenvalue weighted by Crippen LogP contribution is 2.33. The van der Waals surface area contributed by atoms with E-state index in [4.69, 9.17) is 9.56 Å². The number of nitrogens with two attached hydrogens (primary N) is 1. The average molecular weight is 414 g/mol. The smallest absolute Gasteiger partial charge is 0.280 e. The first-order valence-electron chi connectivity index (χ1n) is 8.43. The van der Waals surface area contributed by atoms with E-state index in [1.807, 2.05) is 13.8 Å². The van der Waals surface area contributed by atoms with Crippen LogP contribution in [-0.2, 0) is 10.0 Å². The molecule has 0 saturated heterocycles. The van der Waals surface area contributed by atoms with Crippen LogP contribution in [0.5, 0.6) is 0 Å². The zero-order valence-corrected chi connectivity index (χ0v) is 16.4. The molecule has 9 nitrogen and oxygen atoms in total. The van der Waals surface area contributed by atoms with Crippen LogP contribution in [0.1, 0.15) is 16.9 Å². The highest BCUT2D eigenvalue weighted by atomic mass is 32.2. The van der Waals surface area contributed by atoms with E-state index in [2.05, 4.69) is 10.5 Å². The van der Waals surface area contributed by atoms with E-state index in [1.165, 1.54) is 36.5 Å². The van der Waals surface area contributed by atoms with Gasteiger partial charge in [0.15, 0.2) is 0 Å². The number of aryl methyl sites for hydroxylation is 2. The van der Waals surface area contributed by atoms with E-state index in [1.54, 1.807) is 18.2 Å². The number of hydrazone groups is 1. The Morgan fingerprint density at radius 2 is 1.76 bits per heavy atom. The van der Waals surface area contributed by atoms with Crippen LogP contribution in [0.25, 0.3) is 11.3 Å². The predicted molar refractivity (Wildman–Crippen MR) is 109 cm³/mol. The van der Waals surface area contributed by atoms with Crippen LogP contribution in [0.15, 0.2) is 62.9 Å². The summed E-state index contributed by atoms with van der Waals surface area (Å²) in [5.41, 5.74) is 5.39. The SMILES string of the molecule is Cc1cc(-c2ccc(/C=N/Nc3ccc(S(N)(=O)=O)cc3)o2)c([N+](=O)[O-])cc1C. The minimum atomic E-state index is -3.75. The first-order valence-corrected chi connectivity index (χ1v) is 9.97. The molecule has 150 valence electrons. The van der Waals surface area contributed by atoms with Crippen molar-refractivity contribution in [3.63, 3.8) is 0 Å². The van der Waals surface area contributed by atoms with Crippen LogP contribution in [0, 0.1) is 24.0 Å². The van der Waals surface area contributed by atoms with Gasteiger partial charge in [0.2, 0.25) is 10.0 Å². The van der Waals surface area contributed by atoms with E-state index in [0.717, 1.165) is 11.1 Å². The van der Waals surface area contributed by atoms with Gasteiger partial charge in [-0.15, -0.1) is 0 Å². The summed E-state index contributed by atoms with van der Waals surface area (Å²) in [6, 6.07) is 12.3. The van der Waals surface area contributed by atoms with Gasteiger partial charge >= 0.3 is 0 Å². The van der Waals surface area contributed by atoms with Crippen molar-refractivity contribution < 1.29 is 17.8 Å². The van der Waals surface area contributed by atoms with Crippen molar-refractivity contribution in [3.8, 4) is 11.3 Å². The molecule has 0 radical (unpaired) electrons. The minimum absolute atomic E-state index is 0.00214. The Morgan fingerprint density at radius 3 is 2.38 bits per heavy atom. The second-order valence-electron chi connectivity index (χ2n) is 6.35. The molecule has 0 fully saturated rings. The maximum atomic E-state index is 11.4. The van der Waals surface area contributed by atoms with Gasteiger partial charge in [0, 0.05) is 6.07 Å². The molecule has 0 aliphatic rings. The van der Waals surface area contributed by atoms with Gasteiger partial charge in [-0.05, 0) is 67.4 Å². The lowest BCUT2D eigenvalue weighted by Crippen LogP contribution is -2.11. The average Bonchev–Trinajstić information content (AvgIpc) is 3.12. The molecule has 0 amide bonds. The second-order valence-corrected chi connectivity index (χ2v) is 7.91. The van der Waals surface area contributed by atoms with Crippen LogP contribution in [0.2, 0.25) is 0 Å². The van der Waals surface area contributed by atoms with Crippen molar-refractivity contribution in [2.24, 2.45) is 10.2 Å². The molecule has 3 rings (SSSR count). The first kappa shape index (κ1) is 20.2. The number of benzene rings is 2. The zero-order valence-electron chi connectivity index (χ0n) is 15.6. The summed E-state index contributed by atoms with van der Waals surface area (Å²) in [7, 11) is -3.75. The van der Waals surface area contributed by atoms with Crippen LogP contribution >= 0.6 is 0 Å². The highest BCUT2D eigenvalue weighted by Gasteiger charge is 2.19. The Labute approximate surface area is 167 Å². The molecule has 0 aliphatic heterocycles. The molecule has 0 saturated carbocycles. The van der Waals surface area contributed by atoms with Crippen molar-refractivity contribution >= 4 is 27.6 Å². The molecule has 1 aromatic heterocycles. The van der Waals surface area contributed by atoms with E-state index < -0.39 is 14.9 Å². The lowest BCUT2D eigenvalue weighted by atomic mass is 10.0.